The van der Waals surface area contributed by atoms with Crippen LogP contribution in [0.15, 0.2) is 73.3 Å². The summed E-state index contributed by atoms with van der Waals surface area (Å²) in [5.41, 5.74) is 10.4. The summed E-state index contributed by atoms with van der Waals surface area (Å²) in [7, 11) is 0. The van der Waals surface area contributed by atoms with Crippen LogP contribution in [0.1, 0.15) is 60.8 Å². The number of nitrogens with two attached hydrogens (primary N) is 1. The zero-order valence-corrected chi connectivity index (χ0v) is 19.6. The predicted molar refractivity (Wildman–Crippen MR) is 135 cm³/mol. The third-order valence-electron chi connectivity index (χ3n) is 6.77. The normalized spacial score (nSPS) is 18.8. The van der Waals surface area contributed by atoms with Crippen molar-refractivity contribution in [3.05, 3.63) is 90.3 Å². The fourth-order valence-electron chi connectivity index (χ4n) is 4.70. The first-order chi connectivity index (χ1) is 17.0. The van der Waals surface area contributed by atoms with E-state index in [1.165, 1.54) is 5.56 Å². The second-order valence-electron chi connectivity index (χ2n) is 9.05. The van der Waals surface area contributed by atoms with Crippen LogP contribution in [-0.2, 0) is 0 Å². The van der Waals surface area contributed by atoms with E-state index in [4.69, 9.17) is 5.73 Å². The van der Waals surface area contributed by atoms with E-state index in [1.807, 2.05) is 18.3 Å². The molecule has 4 N–H and O–H groups in total. The molecule has 7 heteroatoms. The van der Waals surface area contributed by atoms with Crippen molar-refractivity contribution >= 4 is 5.95 Å². The van der Waals surface area contributed by atoms with Gasteiger partial charge in [0.1, 0.15) is 18.0 Å². The monoisotopic (exact) mass is 467 g/mol. The molecule has 0 aliphatic heterocycles. The molecule has 7 nitrogen and oxygen atoms in total. The van der Waals surface area contributed by atoms with E-state index in [0.29, 0.717) is 23.7 Å². The number of aliphatic hydroxyl groups is 2. The molecule has 35 heavy (non-hydrogen) atoms. The summed E-state index contributed by atoms with van der Waals surface area (Å²) in [4.78, 5) is 8.28. The number of nitrogen functional groups attached to an aromatic ring is 1. The van der Waals surface area contributed by atoms with Gasteiger partial charge in [0, 0.05) is 36.4 Å². The number of imidazole rings is 2. The lowest BCUT2D eigenvalue weighted by Crippen LogP contribution is -2.25. The van der Waals surface area contributed by atoms with Crippen LogP contribution < -0.4 is 5.73 Å². The zero-order valence-electron chi connectivity index (χ0n) is 19.6. The Morgan fingerprint density at radius 1 is 1.00 bits per heavy atom. The van der Waals surface area contributed by atoms with Crippen molar-refractivity contribution in [2.24, 2.45) is 0 Å². The lowest BCUT2D eigenvalue weighted by molar-refractivity contribution is 0.176. The van der Waals surface area contributed by atoms with Crippen LogP contribution in [0.3, 0.4) is 0 Å². The second-order valence-corrected chi connectivity index (χ2v) is 9.05. The van der Waals surface area contributed by atoms with Crippen molar-refractivity contribution < 1.29 is 10.2 Å². The molecule has 2 atom stereocenters. The smallest absolute Gasteiger partial charge is 0.200 e. The van der Waals surface area contributed by atoms with Crippen LogP contribution in [-0.4, -0.2) is 35.9 Å². The maximum absolute atomic E-state index is 9.87. The highest BCUT2D eigenvalue weighted by Gasteiger charge is 2.32. The second kappa shape index (κ2) is 9.79. The number of aromatic nitrogens is 4. The number of hydrogen-bond donors (Lipinski definition) is 3. The molecule has 0 amide bonds. The van der Waals surface area contributed by atoms with Gasteiger partial charge >= 0.3 is 0 Å². The molecule has 2 heterocycles. The maximum Gasteiger partial charge on any atom is 0.200 e. The molecule has 178 valence electrons. The minimum Gasteiger partial charge on any atom is -0.393 e. The highest BCUT2D eigenvalue weighted by Crippen LogP contribution is 2.45. The standard InChI is InChI=1S/C28H29N5O2/c1-19(35)27-30-12-14-32(27)25(18-34)11-4-20-2-5-21(6-3-20)22-7-9-23(10-8-22)24-16-26(17-24)33-15-13-31-28(33)29/h2-3,5-10,12-15,19,24-26,34-35H,16-18H2,1H3,(H2,29,31)/t19-,24?,25-,26?/m0/s1. The molecule has 1 fully saturated rings. The number of anilines is 1. The fraction of sp³-hybridized carbons (Fsp3) is 0.286. The third kappa shape index (κ3) is 4.72. The van der Waals surface area contributed by atoms with Gasteiger partial charge in [-0.25, -0.2) is 9.97 Å². The number of nitrogens with zero attached hydrogens (tertiary/aromatic N) is 4. The van der Waals surface area contributed by atoms with Crippen LogP contribution in [0.4, 0.5) is 5.95 Å². The summed E-state index contributed by atoms with van der Waals surface area (Å²) in [5.74, 6) is 7.86. The van der Waals surface area contributed by atoms with Gasteiger partial charge < -0.3 is 25.1 Å². The Hall–Kier alpha value is -3.86. The van der Waals surface area contributed by atoms with Gasteiger partial charge in [0.15, 0.2) is 5.95 Å². The van der Waals surface area contributed by atoms with Gasteiger partial charge in [0.2, 0.25) is 0 Å². The van der Waals surface area contributed by atoms with E-state index >= 15 is 0 Å². The molecule has 2 aromatic heterocycles. The Labute approximate surface area is 204 Å². The quantitative estimate of drug-likeness (QED) is 0.371. The van der Waals surface area contributed by atoms with Gasteiger partial charge in [-0.2, -0.15) is 0 Å². The molecule has 4 aromatic rings. The number of benzene rings is 2. The van der Waals surface area contributed by atoms with Gasteiger partial charge in [0.05, 0.1) is 6.61 Å². The average molecular weight is 468 g/mol. The first kappa shape index (κ1) is 22.9. The van der Waals surface area contributed by atoms with E-state index in [9.17, 15) is 10.2 Å². The molecule has 0 saturated heterocycles. The summed E-state index contributed by atoms with van der Waals surface area (Å²) < 4.78 is 3.78. The molecule has 2 aromatic carbocycles. The Morgan fingerprint density at radius 2 is 1.66 bits per heavy atom. The molecule has 1 aliphatic carbocycles. The van der Waals surface area contributed by atoms with Crippen LogP contribution in [0, 0.1) is 11.8 Å². The highest BCUT2D eigenvalue weighted by atomic mass is 16.3. The number of hydrogen-bond acceptors (Lipinski definition) is 5. The SMILES string of the molecule is C[C@H](O)c1nccn1[C@@H](C#Cc1ccc(-c2ccc(C3CC(n4ccnc4N)C3)cc2)cc1)CO. The molecule has 5 rings (SSSR count). The average Bonchev–Trinajstić information content (AvgIpc) is 3.49. The summed E-state index contributed by atoms with van der Waals surface area (Å²) >= 11 is 0. The van der Waals surface area contributed by atoms with Crippen molar-refractivity contribution in [3.63, 3.8) is 0 Å². The molecule has 0 bridgehead atoms. The molecule has 0 unspecified atom stereocenters. The summed E-state index contributed by atoms with van der Waals surface area (Å²) in [6, 6.07) is 16.9. The Kier molecular flexibility index (Phi) is 6.41. The summed E-state index contributed by atoms with van der Waals surface area (Å²) in [6.45, 7) is 1.48. The molecule has 0 spiro atoms. The van der Waals surface area contributed by atoms with Crippen molar-refractivity contribution in [2.75, 3.05) is 12.3 Å². The third-order valence-corrected chi connectivity index (χ3v) is 6.77. The van der Waals surface area contributed by atoms with E-state index in [1.54, 1.807) is 30.1 Å². The Bertz CT molecular complexity index is 1340. The van der Waals surface area contributed by atoms with Gasteiger partial charge in [0.25, 0.3) is 0 Å². The minimum absolute atomic E-state index is 0.162. The topological polar surface area (TPSA) is 102 Å². The Balaban J connectivity index is 1.23. The van der Waals surface area contributed by atoms with E-state index < -0.39 is 12.1 Å². The van der Waals surface area contributed by atoms with E-state index in [2.05, 4.69) is 62.8 Å². The Morgan fingerprint density at radius 3 is 2.26 bits per heavy atom. The number of aliphatic hydroxyl groups excluding tert-OH is 2. The number of rotatable bonds is 6. The van der Waals surface area contributed by atoms with Crippen molar-refractivity contribution in [1.29, 1.82) is 0 Å². The minimum atomic E-state index is -0.729. The zero-order chi connectivity index (χ0) is 24.4. The summed E-state index contributed by atoms with van der Waals surface area (Å²) in [6.07, 6.45) is 8.48. The molecule has 1 aliphatic rings. The van der Waals surface area contributed by atoms with Gasteiger partial charge in [-0.1, -0.05) is 48.2 Å². The van der Waals surface area contributed by atoms with E-state index in [0.717, 1.165) is 29.5 Å². The van der Waals surface area contributed by atoms with E-state index in [-0.39, 0.29) is 6.61 Å². The van der Waals surface area contributed by atoms with Gasteiger partial charge in [-0.05, 0) is 54.5 Å². The van der Waals surface area contributed by atoms with Crippen molar-refractivity contribution in [2.45, 2.75) is 43.9 Å². The molecular weight excluding hydrogens is 438 g/mol. The first-order valence-electron chi connectivity index (χ1n) is 11.9. The van der Waals surface area contributed by atoms with Crippen LogP contribution >= 0.6 is 0 Å². The van der Waals surface area contributed by atoms with Gasteiger partial charge in [-0.3, -0.25) is 0 Å². The first-order valence-corrected chi connectivity index (χ1v) is 11.9. The van der Waals surface area contributed by atoms with Crippen LogP contribution in [0.25, 0.3) is 11.1 Å². The fourth-order valence-corrected chi connectivity index (χ4v) is 4.70. The summed E-state index contributed by atoms with van der Waals surface area (Å²) in [5, 5.41) is 19.7. The largest absolute Gasteiger partial charge is 0.393 e. The molecule has 1 saturated carbocycles. The maximum atomic E-state index is 9.87. The van der Waals surface area contributed by atoms with Gasteiger partial charge in [-0.15, -0.1) is 0 Å². The van der Waals surface area contributed by atoms with Crippen LogP contribution in [0.2, 0.25) is 0 Å². The highest BCUT2D eigenvalue weighted by molar-refractivity contribution is 5.64. The van der Waals surface area contributed by atoms with Crippen molar-refractivity contribution in [3.8, 4) is 23.0 Å². The lowest BCUT2D eigenvalue weighted by atomic mass is 9.75. The predicted octanol–water partition coefficient (Wildman–Crippen LogP) is 4.09. The van der Waals surface area contributed by atoms with Crippen LogP contribution in [0.5, 0.6) is 0 Å². The van der Waals surface area contributed by atoms with Crippen molar-refractivity contribution in [1.82, 2.24) is 19.1 Å². The molecule has 0 radical (unpaired) electrons. The molecular formula is C28H29N5O2. The lowest BCUT2D eigenvalue weighted by Gasteiger charge is -2.37.